The summed E-state index contributed by atoms with van der Waals surface area (Å²) in [5, 5.41) is 18.7. The van der Waals surface area contributed by atoms with E-state index in [1.807, 2.05) is 60.7 Å². The average molecular weight is 356 g/mol. The molecule has 0 aliphatic carbocycles. The molecule has 0 aliphatic rings. The molecule has 0 bridgehead atoms. The van der Waals surface area contributed by atoms with Crippen molar-refractivity contribution in [2.75, 3.05) is 14.2 Å². The number of rotatable bonds is 9. The van der Waals surface area contributed by atoms with Gasteiger partial charge >= 0.3 is 0 Å². The second-order valence-electron chi connectivity index (χ2n) is 5.49. The molecular weight excluding hydrogens is 332 g/mol. The lowest BCUT2D eigenvalue weighted by Gasteiger charge is -2.08. The van der Waals surface area contributed by atoms with Gasteiger partial charge in [0.25, 0.3) is 0 Å². The normalized spacial score (nSPS) is 11.8. The Labute approximate surface area is 153 Å². The fourth-order valence-electron chi connectivity index (χ4n) is 2.45. The molecule has 0 amide bonds. The van der Waals surface area contributed by atoms with E-state index in [0.717, 1.165) is 22.6 Å². The second-order valence-corrected chi connectivity index (χ2v) is 5.49. The molecule has 0 unspecified atom stereocenters. The van der Waals surface area contributed by atoms with E-state index in [1.54, 1.807) is 14.2 Å². The summed E-state index contributed by atoms with van der Waals surface area (Å²) in [6.45, 7) is 0. The highest BCUT2D eigenvalue weighted by atomic mass is 16.5. The predicted molar refractivity (Wildman–Crippen MR) is 101 cm³/mol. The molecule has 0 spiro atoms. The molecule has 0 radical (unpaired) electrons. The van der Waals surface area contributed by atoms with Gasteiger partial charge in [0.2, 0.25) is 0 Å². The highest BCUT2D eigenvalue weighted by molar-refractivity contribution is 5.65. The Hall–Kier alpha value is -2.96. The molecule has 138 valence electrons. The highest BCUT2D eigenvalue weighted by Gasteiger charge is 2.02. The first kappa shape index (κ1) is 19.4. The van der Waals surface area contributed by atoms with Gasteiger partial charge in [0, 0.05) is 0 Å². The summed E-state index contributed by atoms with van der Waals surface area (Å²) in [5.74, 6) is 1.51. The van der Waals surface area contributed by atoms with E-state index in [4.69, 9.17) is 9.47 Å². The van der Waals surface area contributed by atoms with Crippen molar-refractivity contribution >= 4 is 11.4 Å². The molecule has 26 heavy (non-hydrogen) atoms. The van der Waals surface area contributed by atoms with Crippen LogP contribution in [0.5, 0.6) is 11.5 Å². The minimum Gasteiger partial charge on any atom is -0.497 e. The Kier molecular flexibility index (Phi) is 7.54. The molecule has 0 saturated heterocycles. The smallest absolute Gasteiger partial charge is 0.118 e. The van der Waals surface area contributed by atoms with Crippen LogP contribution in [-0.2, 0) is 0 Å². The van der Waals surface area contributed by atoms with Crippen molar-refractivity contribution in [3.05, 3.63) is 71.8 Å². The zero-order valence-electron chi connectivity index (χ0n) is 14.9. The van der Waals surface area contributed by atoms with Gasteiger partial charge in [-0.2, -0.15) is 0 Å². The van der Waals surface area contributed by atoms with E-state index in [1.165, 1.54) is 0 Å². The second kappa shape index (κ2) is 10.1. The van der Waals surface area contributed by atoms with Crippen LogP contribution in [0.4, 0.5) is 0 Å². The molecule has 0 saturated carbocycles. The summed E-state index contributed by atoms with van der Waals surface area (Å²) < 4.78 is 10.3. The third-order valence-corrected chi connectivity index (χ3v) is 3.91. The van der Waals surface area contributed by atoms with Crippen LogP contribution in [0.15, 0.2) is 60.7 Å². The molecular formula is C20H24N2O4. The van der Waals surface area contributed by atoms with Crippen LogP contribution < -0.4 is 20.4 Å². The molecule has 0 aromatic heterocycles. The first-order valence-electron chi connectivity index (χ1n) is 8.21. The van der Waals surface area contributed by atoms with Crippen molar-refractivity contribution < 1.29 is 19.9 Å². The van der Waals surface area contributed by atoms with E-state index in [9.17, 15) is 10.4 Å². The van der Waals surface area contributed by atoms with Gasteiger partial charge in [0.05, 0.1) is 25.6 Å². The molecule has 2 aromatic carbocycles. The number of unbranched alkanes of at least 4 members (excludes halogenated alkanes) is 1. The zero-order chi connectivity index (χ0) is 18.8. The third kappa shape index (κ3) is 5.27. The molecule has 2 aromatic rings. The maximum Gasteiger partial charge on any atom is 0.118 e. The predicted octanol–water partition coefficient (Wildman–Crippen LogP) is 3.82. The summed E-state index contributed by atoms with van der Waals surface area (Å²) in [5.41, 5.74) is 7.38. The number of allylic oxidation sites excluding steroid dienone is 2. The van der Waals surface area contributed by atoms with Gasteiger partial charge < -0.3 is 9.47 Å². The van der Waals surface area contributed by atoms with Crippen LogP contribution in [0.3, 0.4) is 0 Å². The number of hydrogen-bond acceptors (Lipinski definition) is 6. The molecule has 2 rings (SSSR count). The van der Waals surface area contributed by atoms with Crippen molar-refractivity contribution in [2.24, 2.45) is 0 Å². The Balaban J connectivity index is 2.01. The fraction of sp³-hybridized carbons (Fsp3) is 0.200. The van der Waals surface area contributed by atoms with Gasteiger partial charge in [-0.15, -0.1) is 0 Å². The van der Waals surface area contributed by atoms with Gasteiger partial charge in [0.15, 0.2) is 0 Å². The fourth-order valence-corrected chi connectivity index (χ4v) is 2.45. The maximum atomic E-state index is 9.36. The Morgan fingerprint density at radius 2 is 1.08 bits per heavy atom. The lowest BCUT2D eigenvalue weighted by Crippen LogP contribution is -2.06. The standard InChI is InChI=1S/C20H24N2O4/c1-25-17-11-7-15(8-12-17)19(21-23)5-3-4-6-20(22-24)16-9-13-18(26-2)14-10-16/h5-14,21-24H,3-4H2,1-2H3/b19-5-,20-6+. The van der Waals surface area contributed by atoms with Gasteiger partial charge in [-0.25, -0.2) is 0 Å². The van der Waals surface area contributed by atoms with Crippen LogP contribution >= 0.6 is 0 Å². The molecule has 6 heteroatoms. The zero-order valence-corrected chi connectivity index (χ0v) is 14.9. The van der Waals surface area contributed by atoms with Gasteiger partial charge in [-0.05, 0) is 72.5 Å². The number of nitrogens with one attached hydrogen (secondary N) is 2. The Bertz CT molecular complexity index is 672. The van der Waals surface area contributed by atoms with Crippen LogP contribution in [0.25, 0.3) is 11.4 Å². The minimum atomic E-state index is 0.615. The topological polar surface area (TPSA) is 83.0 Å². The lowest BCUT2D eigenvalue weighted by atomic mass is 10.1. The first-order valence-corrected chi connectivity index (χ1v) is 8.21. The molecule has 6 nitrogen and oxygen atoms in total. The van der Waals surface area contributed by atoms with E-state index in [0.29, 0.717) is 24.2 Å². The number of hydrogen-bond donors (Lipinski definition) is 4. The van der Waals surface area contributed by atoms with E-state index >= 15 is 0 Å². The monoisotopic (exact) mass is 356 g/mol. The van der Waals surface area contributed by atoms with E-state index < -0.39 is 0 Å². The molecule has 0 heterocycles. The van der Waals surface area contributed by atoms with Crippen LogP contribution in [0.1, 0.15) is 24.0 Å². The van der Waals surface area contributed by atoms with Crippen molar-refractivity contribution in [2.45, 2.75) is 12.8 Å². The van der Waals surface area contributed by atoms with Gasteiger partial charge in [0.1, 0.15) is 11.5 Å². The molecule has 0 atom stereocenters. The number of ether oxygens (including phenoxy) is 2. The van der Waals surface area contributed by atoms with Crippen LogP contribution in [-0.4, -0.2) is 24.6 Å². The SMILES string of the molecule is COc1ccc(/C(=C/CC/C=C(/NO)c2ccc(OC)cc2)NO)cc1. The van der Waals surface area contributed by atoms with Gasteiger partial charge in [-0.3, -0.25) is 21.4 Å². The minimum absolute atomic E-state index is 0.615. The highest BCUT2D eigenvalue weighted by Crippen LogP contribution is 2.19. The number of methoxy groups -OCH3 is 2. The van der Waals surface area contributed by atoms with Crippen LogP contribution in [0.2, 0.25) is 0 Å². The Morgan fingerprint density at radius 3 is 1.35 bits per heavy atom. The molecule has 4 N–H and O–H groups in total. The summed E-state index contributed by atoms with van der Waals surface area (Å²) in [7, 11) is 3.22. The number of benzene rings is 2. The third-order valence-electron chi connectivity index (χ3n) is 3.91. The largest absolute Gasteiger partial charge is 0.497 e. The van der Waals surface area contributed by atoms with Crippen molar-refractivity contribution in [1.82, 2.24) is 11.0 Å². The van der Waals surface area contributed by atoms with Crippen molar-refractivity contribution in [1.29, 1.82) is 0 Å². The summed E-state index contributed by atoms with van der Waals surface area (Å²) in [6.07, 6.45) is 5.13. The maximum absolute atomic E-state index is 9.36. The van der Waals surface area contributed by atoms with Crippen molar-refractivity contribution in [3.8, 4) is 11.5 Å². The van der Waals surface area contributed by atoms with Crippen LogP contribution in [0, 0.1) is 0 Å². The summed E-state index contributed by atoms with van der Waals surface area (Å²) in [6, 6.07) is 14.8. The molecule has 0 aliphatic heterocycles. The lowest BCUT2D eigenvalue weighted by molar-refractivity contribution is 0.224. The number of hydroxylamine groups is 2. The first-order chi connectivity index (χ1) is 12.7. The summed E-state index contributed by atoms with van der Waals surface area (Å²) in [4.78, 5) is 0. The average Bonchev–Trinajstić information content (AvgIpc) is 2.71. The van der Waals surface area contributed by atoms with Gasteiger partial charge in [-0.1, -0.05) is 12.2 Å². The summed E-state index contributed by atoms with van der Waals surface area (Å²) >= 11 is 0. The van der Waals surface area contributed by atoms with Crippen molar-refractivity contribution in [3.63, 3.8) is 0 Å². The Morgan fingerprint density at radius 1 is 0.731 bits per heavy atom. The molecule has 0 fully saturated rings. The van der Waals surface area contributed by atoms with E-state index in [-0.39, 0.29) is 0 Å². The quantitative estimate of drug-likeness (QED) is 0.404. The van der Waals surface area contributed by atoms with E-state index in [2.05, 4.69) is 11.0 Å².